The predicted octanol–water partition coefficient (Wildman–Crippen LogP) is 4.69. The van der Waals surface area contributed by atoms with Gasteiger partial charge in [-0.15, -0.1) is 0 Å². The summed E-state index contributed by atoms with van der Waals surface area (Å²) >= 11 is 0. The Morgan fingerprint density at radius 1 is 0.850 bits per heavy atom. The first-order chi connectivity index (χ1) is 9.84. The summed E-state index contributed by atoms with van der Waals surface area (Å²) in [7, 11) is 0. The van der Waals surface area contributed by atoms with Gasteiger partial charge in [0, 0.05) is 11.1 Å². The van der Waals surface area contributed by atoms with Crippen LogP contribution in [0.1, 0.15) is 11.1 Å². The maximum Gasteiger partial charge on any atom is 0.130 e. The maximum atomic E-state index is 10.5. The lowest BCUT2D eigenvalue weighted by Gasteiger charge is -2.09. The van der Waals surface area contributed by atoms with Crippen molar-refractivity contribution in [3.05, 3.63) is 101 Å². The molecule has 0 saturated heterocycles. The summed E-state index contributed by atoms with van der Waals surface area (Å²) in [5, 5.41) is 10.5. The fourth-order valence-corrected chi connectivity index (χ4v) is 2.41. The highest BCUT2D eigenvalue weighted by Gasteiger charge is 2.13. The van der Waals surface area contributed by atoms with Gasteiger partial charge in [0.2, 0.25) is 0 Å². The molecule has 1 nitrogen and oxygen atoms in total. The van der Waals surface area contributed by atoms with Crippen LogP contribution in [-0.2, 0) is 6.42 Å². The van der Waals surface area contributed by atoms with Crippen molar-refractivity contribution in [1.29, 1.82) is 0 Å². The smallest absolute Gasteiger partial charge is 0.130 e. The molecule has 0 aliphatic heterocycles. The lowest BCUT2D eigenvalue weighted by molar-refractivity contribution is 0.508. The van der Waals surface area contributed by atoms with Gasteiger partial charge >= 0.3 is 0 Å². The second-order valence-electron chi connectivity index (χ2n) is 4.84. The van der Waals surface area contributed by atoms with Crippen LogP contribution in [0.5, 0.6) is 0 Å². The van der Waals surface area contributed by atoms with Gasteiger partial charge in [0.05, 0.1) is 0 Å². The lowest BCUT2D eigenvalue weighted by Crippen LogP contribution is -1.95. The Balaban J connectivity index is 1.90. The molecule has 20 heavy (non-hydrogen) atoms. The zero-order valence-corrected chi connectivity index (χ0v) is 11.2. The highest BCUT2D eigenvalue weighted by Crippen LogP contribution is 2.28. The molecule has 0 atom stereocenters. The van der Waals surface area contributed by atoms with Crippen molar-refractivity contribution in [3.8, 4) is 0 Å². The summed E-state index contributed by atoms with van der Waals surface area (Å²) in [5.41, 5.74) is 4.17. The van der Waals surface area contributed by atoms with E-state index < -0.39 is 0 Å². The van der Waals surface area contributed by atoms with Crippen LogP contribution < -0.4 is 0 Å². The quantitative estimate of drug-likeness (QED) is 0.793. The minimum Gasteiger partial charge on any atom is -0.507 e. The van der Waals surface area contributed by atoms with Gasteiger partial charge in [-0.1, -0.05) is 78.9 Å². The van der Waals surface area contributed by atoms with Crippen molar-refractivity contribution in [2.24, 2.45) is 0 Å². The molecule has 0 saturated carbocycles. The molecule has 0 unspecified atom stereocenters. The van der Waals surface area contributed by atoms with Crippen LogP contribution >= 0.6 is 0 Å². The number of hydrogen-bond acceptors (Lipinski definition) is 1. The molecule has 3 rings (SSSR count). The first-order valence-electron chi connectivity index (χ1n) is 6.75. The van der Waals surface area contributed by atoms with E-state index in [4.69, 9.17) is 0 Å². The zero-order chi connectivity index (χ0) is 13.8. The third-order valence-corrected chi connectivity index (χ3v) is 3.45. The minimum absolute atomic E-state index is 0.349. The fraction of sp³-hybridized carbons (Fsp3) is 0.0526. The average molecular weight is 260 g/mol. The van der Waals surface area contributed by atoms with Crippen LogP contribution in [-0.4, -0.2) is 5.11 Å². The molecule has 2 aromatic carbocycles. The van der Waals surface area contributed by atoms with E-state index in [0.29, 0.717) is 5.76 Å². The largest absolute Gasteiger partial charge is 0.507 e. The molecule has 0 amide bonds. The summed E-state index contributed by atoms with van der Waals surface area (Å²) < 4.78 is 0. The van der Waals surface area contributed by atoms with Crippen molar-refractivity contribution in [1.82, 2.24) is 0 Å². The Bertz CT molecular complexity index is 676. The summed E-state index contributed by atoms with van der Waals surface area (Å²) in [4.78, 5) is 0. The third-order valence-electron chi connectivity index (χ3n) is 3.45. The molecular weight excluding hydrogens is 244 g/mol. The van der Waals surface area contributed by atoms with Crippen LogP contribution in [0.3, 0.4) is 0 Å². The number of aliphatic hydroxyl groups is 1. The molecule has 98 valence electrons. The molecule has 0 heterocycles. The third kappa shape index (κ3) is 2.57. The minimum atomic E-state index is 0.349. The first kappa shape index (κ1) is 12.5. The van der Waals surface area contributed by atoms with E-state index in [-0.39, 0.29) is 0 Å². The summed E-state index contributed by atoms with van der Waals surface area (Å²) in [6.07, 6.45) is 6.87. The highest BCUT2D eigenvalue weighted by molar-refractivity contribution is 5.72. The summed E-state index contributed by atoms with van der Waals surface area (Å²) in [5.74, 6) is 0.349. The van der Waals surface area contributed by atoms with Gasteiger partial charge in [0.15, 0.2) is 0 Å². The fourth-order valence-electron chi connectivity index (χ4n) is 2.41. The Labute approximate surface area is 119 Å². The molecule has 0 spiro atoms. The Kier molecular flexibility index (Phi) is 3.51. The van der Waals surface area contributed by atoms with Gasteiger partial charge in [0.1, 0.15) is 5.76 Å². The normalized spacial score (nSPS) is 16.1. The Morgan fingerprint density at radius 2 is 1.50 bits per heavy atom. The van der Waals surface area contributed by atoms with Gasteiger partial charge in [-0.05, 0) is 17.6 Å². The average Bonchev–Trinajstić information content (AvgIpc) is 2.96. The summed E-state index contributed by atoms with van der Waals surface area (Å²) in [6.45, 7) is 0. The Hall–Kier alpha value is -2.54. The van der Waals surface area contributed by atoms with Crippen LogP contribution in [0, 0.1) is 0 Å². The zero-order valence-electron chi connectivity index (χ0n) is 11.2. The maximum absolute atomic E-state index is 10.5. The number of aliphatic hydroxyl groups excluding tert-OH is 1. The van der Waals surface area contributed by atoms with E-state index in [1.54, 1.807) is 0 Å². The SMILES string of the molecule is OC(=C1C=CC=C1Cc1ccccc1)c1ccccc1. The standard InChI is InChI=1S/C19H16O/c20-19(16-10-5-2-6-11-16)18-13-7-12-17(18)14-15-8-3-1-4-9-15/h1-13,20H,14H2. The molecule has 0 aromatic heterocycles. The number of benzene rings is 2. The topological polar surface area (TPSA) is 20.2 Å². The van der Waals surface area contributed by atoms with E-state index in [1.807, 2.05) is 60.7 Å². The van der Waals surface area contributed by atoms with E-state index >= 15 is 0 Å². The molecule has 1 heteroatoms. The van der Waals surface area contributed by atoms with E-state index in [0.717, 1.165) is 23.1 Å². The number of allylic oxidation sites excluding steroid dienone is 5. The molecule has 0 fully saturated rings. The molecule has 0 radical (unpaired) electrons. The highest BCUT2D eigenvalue weighted by atomic mass is 16.3. The molecule has 1 aliphatic carbocycles. The van der Waals surface area contributed by atoms with Gasteiger partial charge in [-0.25, -0.2) is 0 Å². The molecule has 2 aromatic rings. The van der Waals surface area contributed by atoms with Crippen molar-refractivity contribution in [3.63, 3.8) is 0 Å². The van der Waals surface area contributed by atoms with Crippen LogP contribution in [0.15, 0.2) is 90.0 Å². The van der Waals surface area contributed by atoms with Crippen molar-refractivity contribution in [2.75, 3.05) is 0 Å². The van der Waals surface area contributed by atoms with Crippen LogP contribution in [0.2, 0.25) is 0 Å². The lowest BCUT2D eigenvalue weighted by atomic mass is 9.98. The van der Waals surface area contributed by atoms with Crippen LogP contribution in [0.4, 0.5) is 0 Å². The Morgan fingerprint density at radius 3 is 2.20 bits per heavy atom. The monoisotopic (exact) mass is 260 g/mol. The molecular formula is C19H16O. The molecule has 0 bridgehead atoms. The van der Waals surface area contributed by atoms with Crippen molar-refractivity contribution in [2.45, 2.75) is 6.42 Å². The van der Waals surface area contributed by atoms with Crippen molar-refractivity contribution < 1.29 is 5.11 Å². The molecule has 1 aliphatic rings. The number of rotatable bonds is 3. The van der Waals surface area contributed by atoms with E-state index in [2.05, 4.69) is 18.2 Å². The first-order valence-corrected chi connectivity index (χ1v) is 6.75. The summed E-state index contributed by atoms with van der Waals surface area (Å²) in [6, 6.07) is 20.0. The predicted molar refractivity (Wildman–Crippen MR) is 83.4 cm³/mol. The second kappa shape index (κ2) is 5.62. The van der Waals surface area contributed by atoms with Gasteiger partial charge in [0.25, 0.3) is 0 Å². The molecule has 1 N–H and O–H groups in total. The van der Waals surface area contributed by atoms with Gasteiger partial charge < -0.3 is 5.11 Å². The van der Waals surface area contributed by atoms with Crippen molar-refractivity contribution >= 4 is 5.76 Å². The van der Waals surface area contributed by atoms with Gasteiger partial charge in [-0.3, -0.25) is 0 Å². The van der Waals surface area contributed by atoms with E-state index in [9.17, 15) is 5.11 Å². The van der Waals surface area contributed by atoms with Crippen LogP contribution in [0.25, 0.3) is 5.76 Å². The number of hydrogen-bond donors (Lipinski definition) is 1. The van der Waals surface area contributed by atoms with E-state index in [1.165, 1.54) is 5.56 Å². The van der Waals surface area contributed by atoms with Gasteiger partial charge in [-0.2, -0.15) is 0 Å². The second-order valence-corrected chi connectivity index (χ2v) is 4.84.